The summed E-state index contributed by atoms with van der Waals surface area (Å²) in [4.78, 5) is 0. The van der Waals surface area contributed by atoms with Gasteiger partial charge in [0.25, 0.3) is 0 Å². The number of benzene rings is 2. The fraction of sp³-hybridized carbons (Fsp3) is 0. The Balaban J connectivity index is 0.000000367. The zero-order chi connectivity index (χ0) is 12.8. The van der Waals surface area contributed by atoms with Crippen LogP contribution < -0.4 is 0 Å². The van der Waals surface area contributed by atoms with Gasteiger partial charge in [0.05, 0.1) is 0 Å². The monoisotopic (exact) mass is 351 g/mol. The second-order valence-corrected chi connectivity index (χ2v) is 7.54. The summed E-state index contributed by atoms with van der Waals surface area (Å²) < 4.78 is 0. The molecule has 3 heteroatoms. The molecule has 0 aromatic heterocycles. The van der Waals surface area contributed by atoms with E-state index in [1.165, 1.54) is 22.3 Å². The predicted molar refractivity (Wildman–Crippen MR) is 75.9 cm³/mol. The van der Waals surface area contributed by atoms with Crippen molar-refractivity contribution in [2.75, 3.05) is 0 Å². The van der Waals surface area contributed by atoms with Gasteiger partial charge >= 0.3 is 37.9 Å². The van der Waals surface area contributed by atoms with E-state index in [9.17, 15) is 0 Å². The van der Waals surface area contributed by atoms with Crippen molar-refractivity contribution in [2.24, 2.45) is 0 Å². The number of rotatable bonds is 1. The number of hydrogen-bond donors (Lipinski definition) is 0. The van der Waals surface area contributed by atoms with Gasteiger partial charge in [0, 0.05) is 6.42 Å². The second kappa shape index (κ2) is 7.29. The topological polar surface area (TPSA) is 0 Å². The first-order valence-corrected chi connectivity index (χ1v) is 11.9. The summed E-state index contributed by atoms with van der Waals surface area (Å²) in [5.74, 6) is 0. The first kappa shape index (κ1) is 14.1. The molecule has 1 radical (unpaired) electrons. The van der Waals surface area contributed by atoms with E-state index in [1.54, 1.807) is 0 Å². The molecule has 89 valence electrons. The first-order valence-electron chi connectivity index (χ1n) is 5.52. The molecule has 0 nitrogen and oxygen atoms in total. The third-order valence-corrected chi connectivity index (χ3v) is 2.73. The Morgan fingerprint density at radius 3 is 1.89 bits per heavy atom. The van der Waals surface area contributed by atoms with E-state index in [4.69, 9.17) is 17.0 Å². The van der Waals surface area contributed by atoms with Crippen LogP contribution in [0.15, 0.2) is 54.6 Å². The standard InChI is InChI=1S/C15H11.2ClH.Zr/c1-2-6-12(7-3-1)15-10-13-8-4-5-9-14(13)11-15;;;/h1-11H;2*1H;/q;;;+2/p-2. The zero-order valence-electron chi connectivity index (χ0n) is 9.61. The van der Waals surface area contributed by atoms with E-state index < -0.39 is 20.8 Å². The number of halogens is 2. The molecule has 3 rings (SSSR count). The van der Waals surface area contributed by atoms with Gasteiger partial charge in [-0.05, 0) is 22.3 Å². The van der Waals surface area contributed by atoms with Crippen LogP contribution in [0.2, 0.25) is 0 Å². The molecule has 0 bridgehead atoms. The van der Waals surface area contributed by atoms with Gasteiger partial charge < -0.3 is 0 Å². The van der Waals surface area contributed by atoms with Gasteiger partial charge in [0.1, 0.15) is 0 Å². The van der Waals surface area contributed by atoms with Crippen LogP contribution in [-0.4, -0.2) is 0 Å². The van der Waals surface area contributed by atoms with Crippen LogP contribution >= 0.6 is 17.0 Å². The van der Waals surface area contributed by atoms with Crippen LogP contribution in [0.4, 0.5) is 0 Å². The van der Waals surface area contributed by atoms with Gasteiger partial charge in [-0.3, -0.25) is 0 Å². The molecule has 0 fully saturated rings. The van der Waals surface area contributed by atoms with Crippen LogP contribution in [0.3, 0.4) is 0 Å². The summed E-state index contributed by atoms with van der Waals surface area (Å²) >= 11 is -0.826. The van der Waals surface area contributed by atoms with E-state index in [-0.39, 0.29) is 0 Å². The molecule has 0 aliphatic heterocycles. The van der Waals surface area contributed by atoms with Gasteiger partial charge in [0.15, 0.2) is 0 Å². The van der Waals surface area contributed by atoms with Crippen molar-refractivity contribution >= 4 is 28.7 Å². The maximum atomic E-state index is 4.93. The third kappa shape index (κ3) is 3.57. The van der Waals surface area contributed by atoms with Crippen molar-refractivity contribution < 1.29 is 20.8 Å². The summed E-state index contributed by atoms with van der Waals surface area (Å²) in [6.45, 7) is 0. The van der Waals surface area contributed by atoms with Crippen LogP contribution in [-0.2, 0) is 20.8 Å². The summed E-state index contributed by atoms with van der Waals surface area (Å²) in [6.07, 6.45) is 4.48. The van der Waals surface area contributed by atoms with E-state index in [0.29, 0.717) is 0 Å². The van der Waals surface area contributed by atoms with Gasteiger partial charge in [-0.1, -0.05) is 60.7 Å². The van der Waals surface area contributed by atoms with Gasteiger partial charge in [-0.15, -0.1) is 0 Å². The molecule has 0 saturated carbocycles. The van der Waals surface area contributed by atoms with E-state index >= 15 is 0 Å². The SMILES string of the molecule is [CH]1C(c2ccccc2)=Cc2ccccc21.[Cl][Zr][Cl]. The molecule has 1 aliphatic rings. The molecule has 0 heterocycles. The van der Waals surface area contributed by atoms with Gasteiger partial charge in [-0.2, -0.15) is 0 Å². The predicted octanol–water partition coefficient (Wildman–Crippen LogP) is 5.17. The number of allylic oxidation sites excluding steroid dienone is 1. The maximum absolute atomic E-state index is 4.93. The Hall–Kier alpha value is -0.357. The Morgan fingerprint density at radius 1 is 0.722 bits per heavy atom. The molecule has 1 aliphatic carbocycles. The fourth-order valence-corrected chi connectivity index (χ4v) is 1.95. The van der Waals surface area contributed by atoms with Crippen molar-refractivity contribution in [3.63, 3.8) is 0 Å². The zero-order valence-corrected chi connectivity index (χ0v) is 13.6. The minimum atomic E-state index is -0.826. The Kier molecular flexibility index (Phi) is 5.69. The van der Waals surface area contributed by atoms with E-state index in [2.05, 4.69) is 61.0 Å². The molecule has 2 aromatic carbocycles. The molecule has 0 unspecified atom stereocenters. The molecule has 0 atom stereocenters. The summed E-state index contributed by atoms with van der Waals surface area (Å²) in [6, 6.07) is 19.0. The average Bonchev–Trinajstić information content (AvgIpc) is 2.84. The summed E-state index contributed by atoms with van der Waals surface area (Å²) in [5.41, 5.74) is 5.22. The first-order chi connectivity index (χ1) is 8.85. The second-order valence-electron chi connectivity index (χ2n) is 3.81. The normalized spacial score (nSPS) is 12.0. The van der Waals surface area contributed by atoms with Crippen LogP contribution in [0, 0.1) is 6.42 Å². The molecule has 2 aromatic rings. The number of hydrogen-bond acceptors (Lipinski definition) is 0. The third-order valence-electron chi connectivity index (χ3n) is 2.73. The van der Waals surface area contributed by atoms with Crippen molar-refractivity contribution in [3.8, 4) is 0 Å². The fourth-order valence-electron chi connectivity index (χ4n) is 1.95. The molecular weight excluding hydrogens is 342 g/mol. The van der Waals surface area contributed by atoms with Crippen molar-refractivity contribution in [1.29, 1.82) is 0 Å². The Labute approximate surface area is 126 Å². The summed E-state index contributed by atoms with van der Waals surface area (Å²) in [5, 5.41) is 0. The van der Waals surface area contributed by atoms with Crippen LogP contribution in [0.25, 0.3) is 11.6 Å². The molecular formula is C15H11Cl2Zr. The van der Waals surface area contributed by atoms with E-state index in [1.807, 2.05) is 6.07 Å². The molecule has 0 N–H and O–H groups in total. The van der Waals surface area contributed by atoms with Crippen LogP contribution in [0.1, 0.15) is 16.7 Å². The number of fused-ring (bicyclic) bond motifs is 1. The quantitative estimate of drug-likeness (QED) is 0.663. The Bertz CT molecular complexity index is 535. The molecule has 0 spiro atoms. The minimum absolute atomic E-state index is 0.826. The summed E-state index contributed by atoms with van der Waals surface area (Å²) in [7, 11) is 9.87. The van der Waals surface area contributed by atoms with E-state index in [0.717, 1.165) is 0 Å². The molecule has 0 saturated heterocycles. The van der Waals surface area contributed by atoms with Crippen molar-refractivity contribution in [2.45, 2.75) is 0 Å². The molecule has 18 heavy (non-hydrogen) atoms. The van der Waals surface area contributed by atoms with Gasteiger partial charge in [0.2, 0.25) is 0 Å². The van der Waals surface area contributed by atoms with Crippen LogP contribution in [0.5, 0.6) is 0 Å². The van der Waals surface area contributed by atoms with Gasteiger partial charge in [-0.25, -0.2) is 0 Å². The molecule has 0 amide bonds. The van der Waals surface area contributed by atoms with Crippen molar-refractivity contribution in [1.82, 2.24) is 0 Å². The van der Waals surface area contributed by atoms with Crippen molar-refractivity contribution in [3.05, 3.63) is 77.7 Å². The average molecular weight is 353 g/mol. The Morgan fingerprint density at radius 2 is 1.28 bits per heavy atom.